The molecule has 0 aliphatic carbocycles. The quantitative estimate of drug-likeness (QED) is 0.572. The van der Waals surface area contributed by atoms with Gasteiger partial charge in [0.2, 0.25) is 0 Å². The summed E-state index contributed by atoms with van der Waals surface area (Å²) < 4.78 is 1.05. The van der Waals surface area contributed by atoms with Gasteiger partial charge in [-0.05, 0) is 53.3 Å². The Labute approximate surface area is 119 Å². The van der Waals surface area contributed by atoms with Crippen molar-refractivity contribution in [2.75, 3.05) is 0 Å². The average molecular weight is 357 g/mol. The molecule has 86 valence electrons. The lowest BCUT2D eigenvalue weighted by Gasteiger charge is -2.04. The summed E-state index contributed by atoms with van der Waals surface area (Å²) in [5, 5.41) is 0.626. The third-order valence-electron chi connectivity index (χ3n) is 2.52. The molecule has 0 saturated carbocycles. The van der Waals surface area contributed by atoms with E-state index in [9.17, 15) is 4.79 Å². The molecular weight excluding hydrogens is 347 g/mol. The van der Waals surface area contributed by atoms with Gasteiger partial charge in [0.05, 0.1) is 0 Å². The molecule has 0 aromatic heterocycles. The van der Waals surface area contributed by atoms with Gasteiger partial charge in [0.25, 0.3) is 0 Å². The highest BCUT2D eigenvalue weighted by atomic mass is 127. The minimum atomic E-state index is 0.00501. The highest BCUT2D eigenvalue weighted by Gasteiger charge is 2.10. The average Bonchev–Trinajstić information content (AvgIpc) is 2.32. The Morgan fingerprint density at radius 2 is 1.82 bits per heavy atom. The predicted molar refractivity (Wildman–Crippen MR) is 78.8 cm³/mol. The van der Waals surface area contributed by atoms with Crippen LogP contribution in [-0.4, -0.2) is 5.78 Å². The van der Waals surface area contributed by atoms with Gasteiger partial charge in [-0.2, -0.15) is 0 Å². The van der Waals surface area contributed by atoms with Crippen molar-refractivity contribution in [1.29, 1.82) is 0 Å². The van der Waals surface area contributed by atoms with Gasteiger partial charge < -0.3 is 0 Å². The summed E-state index contributed by atoms with van der Waals surface area (Å²) in [5.74, 6) is 0.00501. The third-order valence-corrected chi connectivity index (χ3v) is 3.60. The monoisotopic (exact) mass is 356 g/mol. The second-order valence-corrected chi connectivity index (χ2v) is 5.46. The zero-order chi connectivity index (χ0) is 12.4. The van der Waals surface area contributed by atoms with E-state index in [0.29, 0.717) is 16.1 Å². The van der Waals surface area contributed by atoms with Crippen molar-refractivity contribution in [3.05, 3.63) is 67.7 Å². The highest BCUT2D eigenvalue weighted by Crippen LogP contribution is 2.19. The maximum Gasteiger partial charge on any atom is 0.193 e. The van der Waals surface area contributed by atoms with Gasteiger partial charge in [-0.3, -0.25) is 4.79 Å². The number of halogens is 2. The summed E-state index contributed by atoms with van der Waals surface area (Å²) >= 11 is 8.21. The number of hydrogen-bond acceptors (Lipinski definition) is 1. The summed E-state index contributed by atoms with van der Waals surface area (Å²) in [4.78, 5) is 12.2. The summed E-state index contributed by atoms with van der Waals surface area (Å²) in [6, 6.07) is 12.9. The lowest BCUT2D eigenvalue weighted by molar-refractivity contribution is 0.103. The second kappa shape index (κ2) is 5.19. The standard InChI is InChI=1S/C14H10ClIO/c1-9-5-6-11(8-13(9)15)14(17)10-3-2-4-12(16)7-10/h2-8H,1H3. The molecule has 0 atom stereocenters. The number of hydrogen-bond donors (Lipinski definition) is 0. The van der Waals surface area contributed by atoms with Crippen LogP contribution in [0.1, 0.15) is 21.5 Å². The fourth-order valence-electron chi connectivity index (χ4n) is 1.53. The Morgan fingerprint density at radius 1 is 1.12 bits per heavy atom. The van der Waals surface area contributed by atoms with Crippen LogP contribution in [0.5, 0.6) is 0 Å². The van der Waals surface area contributed by atoms with Crippen LogP contribution in [0.4, 0.5) is 0 Å². The lowest BCUT2D eigenvalue weighted by atomic mass is 10.0. The van der Waals surface area contributed by atoms with Crippen molar-refractivity contribution >= 4 is 40.0 Å². The number of ketones is 1. The fraction of sp³-hybridized carbons (Fsp3) is 0.0714. The molecule has 0 fully saturated rings. The normalized spacial score (nSPS) is 10.3. The molecule has 0 N–H and O–H groups in total. The Kier molecular flexibility index (Phi) is 3.84. The lowest BCUT2D eigenvalue weighted by Crippen LogP contribution is -2.01. The van der Waals surface area contributed by atoms with Gasteiger partial charge in [0.15, 0.2) is 5.78 Å². The Hall–Kier alpha value is -0.870. The van der Waals surface area contributed by atoms with Crippen LogP contribution in [0, 0.1) is 10.5 Å². The van der Waals surface area contributed by atoms with E-state index in [4.69, 9.17) is 11.6 Å². The van der Waals surface area contributed by atoms with Gasteiger partial charge in [-0.25, -0.2) is 0 Å². The minimum Gasteiger partial charge on any atom is -0.289 e. The molecule has 0 heterocycles. The molecule has 2 rings (SSSR count). The van der Waals surface area contributed by atoms with E-state index >= 15 is 0 Å². The molecule has 17 heavy (non-hydrogen) atoms. The SMILES string of the molecule is Cc1ccc(C(=O)c2cccc(I)c2)cc1Cl. The van der Waals surface area contributed by atoms with E-state index in [1.165, 1.54) is 0 Å². The molecule has 0 amide bonds. The van der Waals surface area contributed by atoms with Gasteiger partial charge >= 0.3 is 0 Å². The molecule has 0 radical (unpaired) electrons. The molecule has 0 aliphatic rings. The number of carbonyl (C=O) groups excluding carboxylic acids is 1. The molecule has 2 aromatic rings. The summed E-state index contributed by atoms with van der Waals surface area (Å²) in [7, 11) is 0. The van der Waals surface area contributed by atoms with E-state index in [-0.39, 0.29) is 5.78 Å². The van der Waals surface area contributed by atoms with Crippen LogP contribution in [-0.2, 0) is 0 Å². The zero-order valence-electron chi connectivity index (χ0n) is 9.21. The van der Waals surface area contributed by atoms with Gasteiger partial charge in [0, 0.05) is 19.7 Å². The first kappa shape index (κ1) is 12.6. The van der Waals surface area contributed by atoms with Crippen LogP contribution < -0.4 is 0 Å². The van der Waals surface area contributed by atoms with E-state index in [0.717, 1.165) is 9.13 Å². The van der Waals surface area contributed by atoms with Crippen LogP contribution in [0.25, 0.3) is 0 Å². The molecule has 3 heteroatoms. The molecule has 0 aliphatic heterocycles. The molecule has 0 unspecified atom stereocenters. The largest absolute Gasteiger partial charge is 0.289 e. The molecule has 0 spiro atoms. The summed E-state index contributed by atoms with van der Waals surface area (Å²) in [5.41, 5.74) is 2.30. The predicted octanol–water partition coefficient (Wildman–Crippen LogP) is 4.48. The topological polar surface area (TPSA) is 17.1 Å². The fourth-order valence-corrected chi connectivity index (χ4v) is 2.25. The smallest absolute Gasteiger partial charge is 0.193 e. The maximum absolute atomic E-state index is 12.2. The van der Waals surface area contributed by atoms with Gasteiger partial charge in [-0.1, -0.05) is 35.9 Å². The van der Waals surface area contributed by atoms with Crippen molar-refractivity contribution in [3.63, 3.8) is 0 Å². The van der Waals surface area contributed by atoms with Crippen molar-refractivity contribution in [1.82, 2.24) is 0 Å². The Morgan fingerprint density at radius 3 is 2.47 bits per heavy atom. The summed E-state index contributed by atoms with van der Waals surface area (Å²) in [6.07, 6.45) is 0. The number of carbonyl (C=O) groups is 1. The maximum atomic E-state index is 12.2. The molecule has 2 aromatic carbocycles. The Bertz CT molecular complexity index is 578. The molecule has 1 nitrogen and oxygen atoms in total. The number of rotatable bonds is 2. The molecular formula is C14H10ClIO. The van der Waals surface area contributed by atoms with Crippen molar-refractivity contribution < 1.29 is 4.79 Å². The van der Waals surface area contributed by atoms with E-state index in [1.807, 2.05) is 43.3 Å². The van der Waals surface area contributed by atoms with Crippen molar-refractivity contribution in [3.8, 4) is 0 Å². The molecule has 0 bridgehead atoms. The van der Waals surface area contributed by atoms with Gasteiger partial charge in [-0.15, -0.1) is 0 Å². The van der Waals surface area contributed by atoms with E-state index < -0.39 is 0 Å². The second-order valence-electron chi connectivity index (χ2n) is 3.80. The third kappa shape index (κ3) is 2.87. The van der Waals surface area contributed by atoms with Crippen LogP contribution in [0.2, 0.25) is 5.02 Å². The van der Waals surface area contributed by atoms with E-state index in [2.05, 4.69) is 22.6 Å². The van der Waals surface area contributed by atoms with E-state index in [1.54, 1.807) is 6.07 Å². The first-order valence-electron chi connectivity index (χ1n) is 5.14. The molecule has 0 saturated heterocycles. The number of aryl methyl sites for hydroxylation is 1. The highest BCUT2D eigenvalue weighted by molar-refractivity contribution is 14.1. The van der Waals surface area contributed by atoms with Gasteiger partial charge in [0.1, 0.15) is 0 Å². The number of benzene rings is 2. The first-order chi connectivity index (χ1) is 8.08. The van der Waals surface area contributed by atoms with Crippen LogP contribution in [0.3, 0.4) is 0 Å². The van der Waals surface area contributed by atoms with Crippen LogP contribution >= 0.6 is 34.2 Å². The Balaban J connectivity index is 2.40. The minimum absolute atomic E-state index is 0.00501. The van der Waals surface area contributed by atoms with Crippen LogP contribution in [0.15, 0.2) is 42.5 Å². The first-order valence-corrected chi connectivity index (χ1v) is 6.60. The summed E-state index contributed by atoms with van der Waals surface area (Å²) in [6.45, 7) is 1.92. The zero-order valence-corrected chi connectivity index (χ0v) is 12.1. The van der Waals surface area contributed by atoms with Crippen molar-refractivity contribution in [2.24, 2.45) is 0 Å². The van der Waals surface area contributed by atoms with Crippen molar-refractivity contribution in [2.45, 2.75) is 6.92 Å².